The van der Waals surface area contributed by atoms with Crippen molar-refractivity contribution in [2.24, 2.45) is 5.92 Å². The predicted octanol–water partition coefficient (Wildman–Crippen LogP) is 3.74. The van der Waals surface area contributed by atoms with E-state index in [1.54, 1.807) is 6.07 Å². The van der Waals surface area contributed by atoms with Gasteiger partial charge in [-0.15, -0.1) is 0 Å². The first-order valence-corrected chi connectivity index (χ1v) is 7.95. The maximum atomic E-state index is 11.9. The number of aryl methyl sites for hydroxylation is 1. The maximum Gasteiger partial charge on any atom is 0.335 e. The molecule has 1 N–H and O–H groups in total. The fourth-order valence-electron chi connectivity index (χ4n) is 4.49. The molecule has 0 amide bonds. The molecular formula is C18H22O3. The van der Waals surface area contributed by atoms with Gasteiger partial charge in [-0.2, -0.15) is 0 Å². The second kappa shape index (κ2) is 5.28. The van der Waals surface area contributed by atoms with Crippen LogP contribution >= 0.6 is 0 Å². The Morgan fingerprint density at radius 3 is 2.90 bits per heavy atom. The second-order valence-electron chi connectivity index (χ2n) is 6.52. The van der Waals surface area contributed by atoms with Gasteiger partial charge in [0.2, 0.25) is 0 Å². The zero-order valence-electron chi connectivity index (χ0n) is 12.5. The summed E-state index contributed by atoms with van der Waals surface area (Å²) in [5, 5.41) is 9.20. The summed E-state index contributed by atoms with van der Waals surface area (Å²) in [7, 11) is 0. The van der Waals surface area contributed by atoms with Crippen LogP contribution in [0.25, 0.3) is 0 Å². The Morgan fingerprint density at radius 1 is 1.38 bits per heavy atom. The number of Topliss-reactive ketones (excluding diaryl/α,β-unsaturated/α-hetero) is 1. The summed E-state index contributed by atoms with van der Waals surface area (Å²) in [5.41, 5.74) is 2.96. The van der Waals surface area contributed by atoms with Crippen LogP contribution in [0.5, 0.6) is 0 Å². The van der Waals surface area contributed by atoms with Crippen molar-refractivity contribution in [3.8, 4) is 0 Å². The number of fused-ring (bicyclic) bond motifs is 3. The zero-order valence-corrected chi connectivity index (χ0v) is 12.5. The van der Waals surface area contributed by atoms with Gasteiger partial charge in [-0.25, -0.2) is 4.79 Å². The number of carbonyl (C=O) groups is 2. The molecule has 0 aliphatic heterocycles. The van der Waals surface area contributed by atoms with Crippen molar-refractivity contribution in [2.75, 3.05) is 0 Å². The molecule has 0 bridgehead atoms. The summed E-state index contributed by atoms with van der Waals surface area (Å²) < 4.78 is 0. The summed E-state index contributed by atoms with van der Waals surface area (Å²) in [6.07, 6.45) is 6.39. The third kappa shape index (κ3) is 2.29. The lowest BCUT2D eigenvalue weighted by molar-refractivity contribution is -0.123. The standard InChI is InChI=1S/C18H22O3/c1-2-18-9-8-15(19)11-14(18)5-3-4-12-10-13(17(20)21)6-7-16(12)18/h6-7,10,14H,2-5,8-9,11H2,1H3,(H,20,21)/t14-,18+/m1/s1. The molecular weight excluding hydrogens is 264 g/mol. The number of carbonyl (C=O) groups excluding carboxylic acids is 1. The zero-order chi connectivity index (χ0) is 15.0. The van der Waals surface area contributed by atoms with Gasteiger partial charge in [0.15, 0.2) is 0 Å². The first-order valence-electron chi connectivity index (χ1n) is 7.95. The van der Waals surface area contributed by atoms with E-state index in [1.807, 2.05) is 12.1 Å². The number of rotatable bonds is 2. The molecule has 0 radical (unpaired) electrons. The quantitative estimate of drug-likeness (QED) is 0.901. The fourth-order valence-corrected chi connectivity index (χ4v) is 4.49. The van der Waals surface area contributed by atoms with Crippen LogP contribution in [0.3, 0.4) is 0 Å². The van der Waals surface area contributed by atoms with Crippen molar-refractivity contribution in [1.29, 1.82) is 0 Å². The van der Waals surface area contributed by atoms with E-state index >= 15 is 0 Å². The average molecular weight is 286 g/mol. The van der Waals surface area contributed by atoms with Crippen LogP contribution in [0, 0.1) is 5.92 Å². The molecule has 1 aromatic rings. The number of hydrogen-bond acceptors (Lipinski definition) is 2. The summed E-state index contributed by atoms with van der Waals surface area (Å²) in [6.45, 7) is 2.21. The van der Waals surface area contributed by atoms with Crippen LogP contribution in [-0.4, -0.2) is 16.9 Å². The molecule has 0 spiro atoms. The van der Waals surface area contributed by atoms with E-state index < -0.39 is 5.97 Å². The van der Waals surface area contributed by atoms with Gasteiger partial charge in [0.1, 0.15) is 5.78 Å². The molecule has 3 nitrogen and oxygen atoms in total. The van der Waals surface area contributed by atoms with Gasteiger partial charge in [-0.3, -0.25) is 4.79 Å². The lowest BCUT2D eigenvalue weighted by Gasteiger charge is -2.43. The van der Waals surface area contributed by atoms with Gasteiger partial charge < -0.3 is 5.11 Å². The topological polar surface area (TPSA) is 54.4 Å². The Labute approximate surface area is 125 Å². The van der Waals surface area contributed by atoms with Crippen molar-refractivity contribution in [3.05, 3.63) is 34.9 Å². The third-order valence-electron chi connectivity index (χ3n) is 5.62. The largest absolute Gasteiger partial charge is 0.478 e. The van der Waals surface area contributed by atoms with Crippen LogP contribution in [0.4, 0.5) is 0 Å². The molecule has 0 heterocycles. The molecule has 1 aromatic carbocycles. The Kier molecular flexibility index (Phi) is 3.60. The summed E-state index contributed by atoms with van der Waals surface area (Å²) in [5.74, 6) is -0.0293. The van der Waals surface area contributed by atoms with Gasteiger partial charge in [0.05, 0.1) is 5.56 Å². The van der Waals surface area contributed by atoms with Crippen LogP contribution < -0.4 is 0 Å². The Balaban J connectivity index is 2.11. The maximum absolute atomic E-state index is 11.9. The van der Waals surface area contributed by atoms with Crippen molar-refractivity contribution in [1.82, 2.24) is 0 Å². The molecule has 3 heteroatoms. The predicted molar refractivity (Wildman–Crippen MR) is 80.7 cm³/mol. The van der Waals surface area contributed by atoms with Crippen LogP contribution in [0.15, 0.2) is 18.2 Å². The first-order chi connectivity index (χ1) is 10.1. The molecule has 3 rings (SSSR count). The first kappa shape index (κ1) is 14.3. The normalized spacial score (nSPS) is 28.4. The van der Waals surface area contributed by atoms with E-state index in [0.717, 1.165) is 32.1 Å². The molecule has 2 atom stereocenters. The fraction of sp³-hybridized carbons (Fsp3) is 0.556. The van der Waals surface area contributed by atoms with E-state index in [1.165, 1.54) is 11.1 Å². The van der Waals surface area contributed by atoms with E-state index in [9.17, 15) is 14.7 Å². The molecule has 0 saturated heterocycles. The molecule has 112 valence electrons. The smallest absolute Gasteiger partial charge is 0.335 e. The van der Waals surface area contributed by atoms with E-state index in [-0.39, 0.29) is 5.41 Å². The molecule has 2 aliphatic rings. The minimum absolute atomic E-state index is 0.0801. The molecule has 21 heavy (non-hydrogen) atoms. The van der Waals surface area contributed by atoms with Gasteiger partial charge >= 0.3 is 5.97 Å². The molecule has 0 unspecified atom stereocenters. The minimum atomic E-state index is -0.858. The highest BCUT2D eigenvalue weighted by molar-refractivity contribution is 5.88. The highest BCUT2D eigenvalue weighted by Gasteiger charge is 2.44. The van der Waals surface area contributed by atoms with Gasteiger partial charge in [-0.1, -0.05) is 13.0 Å². The number of hydrogen-bond donors (Lipinski definition) is 1. The van der Waals surface area contributed by atoms with E-state index in [4.69, 9.17) is 0 Å². The highest BCUT2D eigenvalue weighted by Crippen LogP contribution is 2.50. The van der Waals surface area contributed by atoms with E-state index in [2.05, 4.69) is 6.92 Å². The number of carboxylic acid groups (broad SMARTS) is 1. The number of aromatic carboxylic acids is 1. The van der Waals surface area contributed by atoms with Crippen molar-refractivity contribution in [2.45, 2.75) is 57.3 Å². The van der Waals surface area contributed by atoms with Crippen LogP contribution in [-0.2, 0) is 16.6 Å². The van der Waals surface area contributed by atoms with Gasteiger partial charge in [-0.05, 0) is 66.7 Å². The third-order valence-corrected chi connectivity index (χ3v) is 5.62. The molecule has 2 aliphatic carbocycles. The number of benzene rings is 1. The lowest BCUT2D eigenvalue weighted by Crippen LogP contribution is -2.40. The molecule has 1 fully saturated rings. The monoisotopic (exact) mass is 286 g/mol. The van der Waals surface area contributed by atoms with Crippen LogP contribution in [0.2, 0.25) is 0 Å². The molecule has 0 aromatic heterocycles. The highest BCUT2D eigenvalue weighted by atomic mass is 16.4. The minimum Gasteiger partial charge on any atom is -0.478 e. The average Bonchev–Trinajstić information content (AvgIpc) is 2.63. The SMILES string of the molecule is CC[C@]12CCC(=O)C[C@H]1CCCc1cc(C(=O)O)ccc12. The van der Waals surface area contributed by atoms with Crippen molar-refractivity contribution in [3.63, 3.8) is 0 Å². The molecule has 1 saturated carbocycles. The Morgan fingerprint density at radius 2 is 2.19 bits per heavy atom. The summed E-state index contributed by atoms with van der Waals surface area (Å²) >= 11 is 0. The second-order valence-corrected chi connectivity index (χ2v) is 6.52. The Bertz CT molecular complexity index is 590. The van der Waals surface area contributed by atoms with E-state index in [0.29, 0.717) is 30.1 Å². The summed E-state index contributed by atoms with van der Waals surface area (Å²) in [4.78, 5) is 23.1. The number of carboxylic acids is 1. The number of ketones is 1. The van der Waals surface area contributed by atoms with Crippen molar-refractivity contribution < 1.29 is 14.7 Å². The summed E-state index contributed by atoms with van der Waals surface area (Å²) in [6, 6.07) is 5.61. The van der Waals surface area contributed by atoms with Crippen LogP contribution in [0.1, 0.15) is 66.9 Å². The van der Waals surface area contributed by atoms with Gasteiger partial charge in [0.25, 0.3) is 0 Å². The lowest BCUT2D eigenvalue weighted by atomic mass is 9.60. The Hall–Kier alpha value is -1.64. The van der Waals surface area contributed by atoms with Crippen molar-refractivity contribution >= 4 is 11.8 Å². The van der Waals surface area contributed by atoms with Gasteiger partial charge in [0, 0.05) is 12.8 Å².